The maximum Gasteiger partial charge on any atom is 0.329 e. The Bertz CT molecular complexity index is 254. The summed E-state index contributed by atoms with van der Waals surface area (Å²) < 4.78 is 6.83. The molecule has 1 heterocycles. The van der Waals surface area contributed by atoms with Crippen LogP contribution in [0, 0.1) is 0 Å². The highest BCUT2D eigenvalue weighted by molar-refractivity contribution is 5.74. The van der Waals surface area contributed by atoms with Gasteiger partial charge >= 0.3 is 5.97 Å². The molecule has 0 aliphatic heterocycles. The van der Waals surface area contributed by atoms with Crippen LogP contribution in [0.4, 0.5) is 0 Å². The van der Waals surface area contributed by atoms with Crippen LogP contribution >= 0.6 is 0 Å². The summed E-state index contributed by atoms with van der Waals surface area (Å²) >= 11 is 0. The van der Waals surface area contributed by atoms with Crippen LogP contribution in [-0.2, 0) is 9.53 Å². The molecule has 0 saturated heterocycles. The molecule has 1 unspecified atom stereocenters. The SMILES string of the molecule is CCOC(=O)C(CC)n1cccc1. The maximum absolute atomic E-state index is 11.4. The second-order valence-corrected chi connectivity index (χ2v) is 2.81. The van der Waals surface area contributed by atoms with Gasteiger partial charge in [0.15, 0.2) is 0 Å². The lowest BCUT2D eigenvalue weighted by Gasteiger charge is -2.14. The molecule has 0 fully saturated rings. The zero-order valence-electron chi connectivity index (χ0n) is 8.06. The lowest BCUT2D eigenvalue weighted by atomic mass is 10.2. The first-order valence-electron chi connectivity index (χ1n) is 4.58. The molecule has 1 aromatic rings. The number of carbonyl (C=O) groups is 1. The monoisotopic (exact) mass is 181 g/mol. The molecular weight excluding hydrogens is 166 g/mol. The van der Waals surface area contributed by atoms with E-state index in [-0.39, 0.29) is 12.0 Å². The van der Waals surface area contributed by atoms with Crippen molar-refractivity contribution >= 4 is 5.97 Å². The van der Waals surface area contributed by atoms with Crippen LogP contribution < -0.4 is 0 Å². The van der Waals surface area contributed by atoms with Crippen molar-refractivity contribution in [2.45, 2.75) is 26.3 Å². The van der Waals surface area contributed by atoms with Gasteiger partial charge in [0.1, 0.15) is 6.04 Å². The van der Waals surface area contributed by atoms with Crippen molar-refractivity contribution in [1.82, 2.24) is 4.57 Å². The highest BCUT2D eigenvalue weighted by atomic mass is 16.5. The molecule has 0 aromatic carbocycles. The van der Waals surface area contributed by atoms with Gasteiger partial charge in [-0.1, -0.05) is 6.92 Å². The van der Waals surface area contributed by atoms with Gasteiger partial charge in [-0.3, -0.25) is 0 Å². The van der Waals surface area contributed by atoms with E-state index in [4.69, 9.17) is 4.74 Å². The Hall–Kier alpha value is -1.25. The first-order chi connectivity index (χ1) is 6.29. The molecule has 1 rings (SSSR count). The second-order valence-electron chi connectivity index (χ2n) is 2.81. The van der Waals surface area contributed by atoms with E-state index in [1.54, 1.807) is 0 Å². The molecule has 1 aromatic heterocycles. The van der Waals surface area contributed by atoms with Crippen molar-refractivity contribution in [3.8, 4) is 0 Å². The van der Waals surface area contributed by atoms with Crippen LogP contribution in [0.5, 0.6) is 0 Å². The van der Waals surface area contributed by atoms with E-state index in [9.17, 15) is 4.79 Å². The van der Waals surface area contributed by atoms with Crippen molar-refractivity contribution in [2.24, 2.45) is 0 Å². The Balaban J connectivity index is 2.68. The topological polar surface area (TPSA) is 31.2 Å². The molecule has 0 amide bonds. The summed E-state index contributed by atoms with van der Waals surface area (Å²) in [6.07, 6.45) is 4.52. The van der Waals surface area contributed by atoms with Gasteiger partial charge in [0.25, 0.3) is 0 Å². The Labute approximate surface area is 78.3 Å². The zero-order valence-corrected chi connectivity index (χ0v) is 8.06. The van der Waals surface area contributed by atoms with Gasteiger partial charge in [-0.15, -0.1) is 0 Å². The van der Waals surface area contributed by atoms with Crippen LogP contribution in [0.15, 0.2) is 24.5 Å². The number of nitrogens with zero attached hydrogens (tertiary/aromatic N) is 1. The molecule has 0 radical (unpaired) electrons. The lowest BCUT2D eigenvalue weighted by molar-refractivity contribution is -0.147. The molecule has 3 nitrogen and oxygen atoms in total. The molecule has 3 heteroatoms. The van der Waals surface area contributed by atoms with Gasteiger partial charge in [0.05, 0.1) is 6.61 Å². The quantitative estimate of drug-likeness (QED) is 0.665. The first kappa shape index (κ1) is 9.84. The van der Waals surface area contributed by atoms with E-state index in [1.807, 2.05) is 42.9 Å². The van der Waals surface area contributed by atoms with Crippen LogP contribution in [0.2, 0.25) is 0 Å². The van der Waals surface area contributed by atoms with E-state index < -0.39 is 0 Å². The van der Waals surface area contributed by atoms with E-state index in [0.29, 0.717) is 6.61 Å². The van der Waals surface area contributed by atoms with Gasteiger partial charge in [0.2, 0.25) is 0 Å². The van der Waals surface area contributed by atoms with Crippen LogP contribution in [0.25, 0.3) is 0 Å². The zero-order chi connectivity index (χ0) is 9.68. The fraction of sp³-hybridized carbons (Fsp3) is 0.500. The highest BCUT2D eigenvalue weighted by Gasteiger charge is 2.17. The van der Waals surface area contributed by atoms with E-state index >= 15 is 0 Å². The van der Waals surface area contributed by atoms with E-state index in [0.717, 1.165) is 6.42 Å². The van der Waals surface area contributed by atoms with Gasteiger partial charge in [-0.2, -0.15) is 0 Å². The number of hydrogen-bond donors (Lipinski definition) is 0. The standard InChI is InChI=1S/C10H15NO2/c1-3-9(10(12)13-4-2)11-7-5-6-8-11/h5-9H,3-4H2,1-2H3. The maximum atomic E-state index is 11.4. The average molecular weight is 181 g/mol. The van der Waals surface area contributed by atoms with Crippen LogP contribution in [0.3, 0.4) is 0 Å². The predicted octanol–water partition coefficient (Wildman–Crippen LogP) is 2.00. The molecule has 0 aliphatic carbocycles. The largest absolute Gasteiger partial charge is 0.464 e. The third-order valence-corrected chi connectivity index (χ3v) is 1.93. The lowest BCUT2D eigenvalue weighted by Crippen LogP contribution is -2.20. The van der Waals surface area contributed by atoms with Gasteiger partial charge in [-0.05, 0) is 25.5 Å². The Morgan fingerprint density at radius 1 is 1.38 bits per heavy atom. The summed E-state index contributed by atoms with van der Waals surface area (Å²) in [5.74, 6) is -0.152. The summed E-state index contributed by atoms with van der Waals surface area (Å²) in [4.78, 5) is 11.4. The summed E-state index contributed by atoms with van der Waals surface area (Å²) in [5.41, 5.74) is 0. The minimum absolute atomic E-state index is 0.152. The second kappa shape index (κ2) is 4.70. The minimum Gasteiger partial charge on any atom is -0.464 e. The molecule has 1 atom stereocenters. The van der Waals surface area contributed by atoms with Crippen LogP contribution in [-0.4, -0.2) is 17.1 Å². The highest BCUT2D eigenvalue weighted by Crippen LogP contribution is 2.12. The van der Waals surface area contributed by atoms with Crippen molar-refractivity contribution in [3.63, 3.8) is 0 Å². The number of carbonyl (C=O) groups excluding carboxylic acids is 1. The molecular formula is C10H15NO2. The Kier molecular flexibility index (Phi) is 3.55. The number of hydrogen-bond acceptors (Lipinski definition) is 2. The van der Waals surface area contributed by atoms with Crippen molar-refractivity contribution in [2.75, 3.05) is 6.61 Å². The Morgan fingerprint density at radius 3 is 2.46 bits per heavy atom. The molecule has 72 valence electrons. The third kappa shape index (κ3) is 2.34. The van der Waals surface area contributed by atoms with Crippen molar-refractivity contribution in [3.05, 3.63) is 24.5 Å². The summed E-state index contributed by atoms with van der Waals surface area (Å²) in [5, 5.41) is 0. The van der Waals surface area contributed by atoms with Gasteiger partial charge in [0, 0.05) is 12.4 Å². The number of ether oxygens (including phenoxy) is 1. The molecule has 0 aliphatic rings. The van der Waals surface area contributed by atoms with Gasteiger partial charge in [-0.25, -0.2) is 4.79 Å². The number of aromatic nitrogens is 1. The fourth-order valence-electron chi connectivity index (χ4n) is 1.29. The molecule has 0 spiro atoms. The average Bonchev–Trinajstić information content (AvgIpc) is 2.59. The van der Waals surface area contributed by atoms with Crippen molar-refractivity contribution in [1.29, 1.82) is 0 Å². The third-order valence-electron chi connectivity index (χ3n) is 1.93. The van der Waals surface area contributed by atoms with E-state index in [2.05, 4.69) is 0 Å². The molecule has 0 N–H and O–H groups in total. The fourth-order valence-corrected chi connectivity index (χ4v) is 1.29. The number of esters is 1. The predicted molar refractivity (Wildman–Crippen MR) is 50.4 cm³/mol. The Morgan fingerprint density at radius 2 is 2.00 bits per heavy atom. The summed E-state index contributed by atoms with van der Waals surface area (Å²) in [7, 11) is 0. The van der Waals surface area contributed by atoms with Crippen molar-refractivity contribution < 1.29 is 9.53 Å². The minimum atomic E-state index is -0.171. The van der Waals surface area contributed by atoms with Crippen LogP contribution in [0.1, 0.15) is 26.3 Å². The molecule has 0 saturated carbocycles. The molecule has 0 bridgehead atoms. The smallest absolute Gasteiger partial charge is 0.329 e. The van der Waals surface area contributed by atoms with Gasteiger partial charge < -0.3 is 9.30 Å². The first-order valence-corrected chi connectivity index (χ1v) is 4.58. The van der Waals surface area contributed by atoms with E-state index in [1.165, 1.54) is 0 Å². The molecule has 13 heavy (non-hydrogen) atoms. The summed E-state index contributed by atoms with van der Waals surface area (Å²) in [6.45, 7) is 4.23. The normalized spacial score (nSPS) is 12.5. The number of rotatable bonds is 4. The summed E-state index contributed by atoms with van der Waals surface area (Å²) in [6, 6.07) is 3.64.